The minimum absolute atomic E-state index is 0.233. The third-order valence-corrected chi connectivity index (χ3v) is 4.70. The van der Waals surface area contributed by atoms with Gasteiger partial charge in [-0.25, -0.2) is 4.79 Å². The molecule has 0 aliphatic rings. The molecule has 0 fully saturated rings. The summed E-state index contributed by atoms with van der Waals surface area (Å²) in [5.41, 5.74) is 9.02. The van der Waals surface area contributed by atoms with Crippen molar-refractivity contribution in [2.75, 3.05) is 12.4 Å². The second kappa shape index (κ2) is 7.52. The molecule has 1 heterocycles. The van der Waals surface area contributed by atoms with E-state index in [2.05, 4.69) is 5.32 Å². The van der Waals surface area contributed by atoms with E-state index in [1.54, 1.807) is 43.5 Å². The van der Waals surface area contributed by atoms with E-state index in [1.165, 1.54) is 4.57 Å². The van der Waals surface area contributed by atoms with Gasteiger partial charge in [0.25, 0.3) is 5.91 Å². The van der Waals surface area contributed by atoms with Gasteiger partial charge >= 0.3 is 6.03 Å². The van der Waals surface area contributed by atoms with Gasteiger partial charge in [0, 0.05) is 16.6 Å². The number of rotatable bonds is 4. The quantitative estimate of drug-likeness (QED) is 0.542. The fraction of sp³-hybridized carbons (Fsp3) is 0.0435. The highest BCUT2D eigenvalue weighted by atomic mass is 16.5. The number of para-hydroxylation sites is 1. The van der Waals surface area contributed by atoms with Gasteiger partial charge in [-0.3, -0.25) is 9.36 Å². The summed E-state index contributed by atoms with van der Waals surface area (Å²) in [4.78, 5) is 24.5. The maximum Gasteiger partial charge on any atom is 0.323 e. The molecule has 0 saturated carbocycles. The number of fused-ring (bicyclic) bond motifs is 1. The zero-order chi connectivity index (χ0) is 20.4. The number of amides is 2. The molecule has 3 aromatic carbocycles. The number of hydrogen-bond acceptors (Lipinski definition) is 3. The predicted molar refractivity (Wildman–Crippen MR) is 113 cm³/mol. The van der Waals surface area contributed by atoms with Gasteiger partial charge in [-0.15, -0.1) is 0 Å². The number of nitrogens with zero attached hydrogens (tertiary/aromatic N) is 1. The number of hydrogen-bond donors (Lipinski definition) is 2. The van der Waals surface area contributed by atoms with E-state index >= 15 is 0 Å². The SMILES string of the molecule is COc1cccc(C(=O)Nc2ccc(-c3cc4ccccc4n3C(N)=O)cc2)c1. The van der Waals surface area contributed by atoms with E-state index < -0.39 is 6.03 Å². The number of primary amides is 1. The van der Waals surface area contributed by atoms with Crippen LogP contribution in [0.25, 0.3) is 22.2 Å². The van der Waals surface area contributed by atoms with Gasteiger partial charge in [0.2, 0.25) is 0 Å². The van der Waals surface area contributed by atoms with Crippen LogP contribution in [0, 0.1) is 0 Å². The smallest absolute Gasteiger partial charge is 0.323 e. The van der Waals surface area contributed by atoms with Crippen molar-refractivity contribution in [3.05, 3.63) is 84.4 Å². The van der Waals surface area contributed by atoms with E-state index in [-0.39, 0.29) is 5.91 Å². The number of nitrogens with one attached hydrogen (secondary N) is 1. The fourth-order valence-electron chi connectivity index (χ4n) is 3.30. The molecule has 0 unspecified atom stereocenters. The van der Waals surface area contributed by atoms with E-state index in [0.717, 1.165) is 16.5 Å². The highest BCUT2D eigenvalue weighted by Crippen LogP contribution is 2.29. The lowest BCUT2D eigenvalue weighted by Gasteiger charge is -2.09. The summed E-state index contributed by atoms with van der Waals surface area (Å²) in [6.07, 6.45) is 0. The van der Waals surface area contributed by atoms with Crippen molar-refractivity contribution in [2.24, 2.45) is 5.73 Å². The standard InChI is InChI=1S/C23H19N3O3/c1-29-19-7-4-6-17(13-19)22(27)25-18-11-9-15(10-12-18)21-14-16-5-2-3-8-20(16)26(21)23(24)28/h2-14H,1H3,(H2,24,28)(H,25,27). The number of aromatic nitrogens is 1. The molecule has 4 rings (SSSR count). The molecule has 6 heteroatoms. The van der Waals surface area contributed by atoms with Gasteiger partial charge < -0.3 is 15.8 Å². The summed E-state index contributed by atoms with van der Waals surface area (Å²) >= 11 is 0. The Balaban J connectivity index is 1.61. The number of nitrogens with two attached hydrogens (primary N) is 1. The van der Waals surface area contributed by atoms with Crippen LogP contribution in [0.1, 0.15) is 10.4 Å². The lowest BCUT2D eigenvalue weighted by atomic mass is 10.1. The fourth-order valence-corrected chi connectivity index (χ4v) is 3.30. The van der Waals surface area contributed by atoms with Crippen molar-refractivity contribution in [1.82, 2.24) is 4.57 Å². The van der Waals surface area contributed by atoms with Crippen molar-refractivity contribution in [2.45, 2.75) is 0 Å². The van der Waals surface area contributed by atoms with Crippen LogP contribution in [0.3, 0.4) is 0 Å². The first-order valence-electron chi connectivity index (χ1n) is 9.03. The molecule has 0 atom stereocenters. The Bertz CT molecular complexity index is 1210. The molecule has 0 aliphatic carbocycles. The molecule has 0 saturated heterocycles. The molecular formula is C23H19N3O3. The molecule has 4 aromatic rings. The van der Waals surface area contributed by atoms with Gasteiger partial charge in [-0.05, 0) is 48.0 Å². The molecule has 0 bridgehead atoms. The minimum Gasteiger partial charge on any atom is -0.497 e. The van der Waals surface area contributed by atoms with E-state index in [4.69, 9.17) is 10.5 Å². The molecule has 3 N–H and O–H groups in total. The molecule has 2 amide bonds. The molecule has 6 nitrogen and oxygen atoms in total. The van der Waals surface area contributed by atoms with Crippen LogP contribution in [0.4, 0.5) is 10.5 Å². The first kappa shape index (κ1) is 18.3. The van der Waals surface area contributed by atoms with Crippen molar-refractivity contribution < 1.29 is 14.3 Å². The lowest BCUT2D eigenvalue weighted by molar-refractivity contribution is 0.102. The van der Waals surface area contributed by atoms with Gasteiger partial charge in [-0.1, -0.05) is 36.4 Å². The Morgan fingerprint density at radius 1 is 0.931 bits per heavy atom. The molecule has 0 aliphatic heterocycles. The first-order valence-corrected chi connectivity index (χ1v) is 9.03. The number of carbonyl (C=O) groups is 2. The number of methoxy groups -OCH3 is 1. The number of ether oxygens (including phenoxy) is 1. The maximum absolute atomic E-state index is 12.5. The Morgan fingerprint density at radius 3 is 2.41 bits per heavy atom. The molecule has 144 valence electrons. The van der Waals surface area contributed by atoms with Crippen LogP contribution in [-0.4, -0.2) is 23.6 Å². The molecular weight excluding hydrogens is 366 g/mol. The third kappa shape index (κ3) is 3.55. The van der Waals surface area contributed by atoms with Crippen LogP contribution < -0.4 is 15.8 Å². The van der Waals surface area contributed by atoms with Crippen LogP contribution in [0.15, 0.2) is 78.9 Å². The van der Waals surface area contributed by atoms with Crippen molar-refractivity contribution in [3.63, 3.8) is 0 Å². The van der Waals surface area contributed by atoms with E-state index in [1.807, 2.05) is 42.5 Å². The molecule has 0 spiro atoms. The summed E-state index contributed by atoms with van der Waals surface area (Å²) in [5, 5.41) is 3.79. The number of anilines is 1. The topological polar surface area (TPSA) is 86.3 Å². The summed E-state index contributed by atoms with van der Waals surface area (Å²) < 4.78 is 6.64. The van der Waals surface area contributed by atoms with E-state index in [0.29, 0.717) is 22.7 Å². The van der Waals surface area contributed by atoms with Gasteiger partial charge in [-0.2, -0.15) is 0 Å². The molecule has 1 aromatic heterocycles. The van der Waals surface area contributed by atoms with Crippen LogP contribution in [0.2, 0.25) is 0 Å². The maximum atomic E-state index is 12.5. The summed E-state index contributed by atoms with van der Waals surface area (Å²) in [7, 11) is 1.56. The normalized spacial score (nSPS) is 10.7. The molecule has 29 heavy (non-hydrogen) atoms. The highest BCUT2D eigenvalue weighted by Gasteiger charge is 2.14. The van der Waals surface area contributed by atoms with E-state index in [9.17, 15) is 9.59 Å². The monoisotopic (exact) mass is 385 g/mol. The summed E-state index contributed by atoms with van der Waals surface area (Å²) in [5.74, 6) is 0.384. The first-order chi connectivity index (χ1) is 14.1. The Labute approximate surface area is 167 Å². The van der Waals surface area contributed by atoms with Crippen LogP contribution >= 0.6 is 0 Å². The minimum atomic E-state index is -0.545. The summed E-state index contributed by atoms with van der Waals surface area (Å²) in [6.45, 7) is 0. The average molecular weight is 385 g/mol. The zero-order valence-electron chi connectivity index (χ0n) is 15.8. The molecule has 0 radical (unpaired) electrons. The largest absolute Gasteiger partial charge is 0.497 e. The van der Waals surface area contributed by atoms with Gasteiger partial charge in [0.05, 0.1) is 18.3 Å². The van der Waals surface area contributed by atoms with Gasteiger partial charge in [0.1, 0.15) is 5.75 Å². The van der Waals surface area contributed by atoms with Crippen molar-refractivity contribution >= 4 is 28.5 Å². The lowest BCUT2D eigenvalue weighted by Crippen LogP contribution is -2.20. The Morgan fingerprint density at radius 2 is 1.69 bits per heavy atom. The van der Waals surface area contributed by atoms with Crippen molar-refractivity contribution in [3.8, 4) is 17.0 Å². The van der Waals surface area contributed by atoms with Crippen LogP contribution in [0.5, 0.6) is 5.75 Å². The Hall–Kier alpha value is -4.06. The second-order valence-electron chi connectivity index (χ2n) is 6.53. The Kier molecular flexibility index (Phi) is 4.75. The van der Waals surface area contributed by atoms with Crippen LogP contribution in [-0.2, 0) is 0 Å². The highest BCUT2D eigenvalue weighted by molar-refractivity contribution is 6.04. The zero-order valence-corrected chi connectivity index (χ0v) is 15.8. The number of benzene rings is 3. The predicted octanol–water partition coefficient (Wildman–Crippen LogP) is 4.50. The average Bonchev–Trinajstić information content (AvgIpc) is 3.14. The number of carbonyl (C=O) groups excluding carboxylic acids is 2. The van der Waals surface area contributed by atoms with Crippen molar-refractivity contribution in [1.29, 1.82) is 0 Å². The van der Waals surface area contributed by atoms with Gasteiger partial charge in [0.15, 0.2) is 0 Å². The summed E-state index contributed by atoms with van der Waals surface area (Å²) in [6, 6.07) is 23.1. The second-order valence-corrected chi connectivity index (χ2v) is 6.53. The third-order valence-electron chi connectivity index (χ3n) is 4.70.